The van der Waals surface area contributed by atoms with Crippen LogP contribution in [0.5, 0.6) is 0 Å². The minimum Gasteiger partial charge on any atom is -0.330 e. The van der Waals surface area contributed by atoms with Crippen molar-refractivity contribution in [3.05, 3.63) is 76.2 Å². The molecule has 10 heteroatoms. The molecule has 1 aliphatic carbocycles. The monoisotopic (exact) mass is 551 g/mol. The van der Waals surface area contributed by atoms with Crippen molar-refractivity contribution < 1.29 is 18.4 Å². The van der Waals surface area contributed by atoms with E-state index in [0.29, 0.717) is 36.7 Å². The minimum atomic E-state index is -0.864. The Labute approximate surface area is 229 Å². The van der Waals surface area contributed by atoms with E-state index in [4.69, 9.17) is 16.7 Å². The number of halogens is 3. The summed E-state index contributed by atoms with van der Waals surface area (Å²) in [6.07, 6.45) is 7.32. The summed E-state index contributed by atoms with van der Waals surface area (Å²) >= 11 is 5.89. The molecule has 2 atom stereocenters. The third-order valence-electron chi connectivity index (χ3n) is 7.83. The molecule has 1 saturated carbocycles. The van der Waals surface area contributed by atoms with Crippen LogP contribution in [0.3, 0.4) is 0 Å². The van der Waals surface area contributed by atoms with Crippen molar-refractivity contribution in [1.82, 2.24) is 19.7 Å². The molecule has 2 aromatic heterocycles. The van der Waals surface area contributed by atoms with Crippen molar-refractivity contribution in [3.63, 3.8) is 0 Å². The molecule has 3 aromatic rings. The molecule has 0 unspecified atom stereocenters. The van der Waals surface area contributed by atoms with Gasteiger partial charge in [-0.2, -0.15) is 5.10 Å². The van der Waals surface area contributed by atoms with E-state index in [1.54, 1.807) is 15.8 Å². The second-order valence-corrected chi connectivity index (χ2v) is 11.0. The van der Waals surface area contributed by atoms with Crippen LogP contribution in [-0.2, 0) is 9.59 Å². The van der Waals surface area contributed by atoms with Crippen LogP contribution >= 0.6 is 11.6 Å². The first kappa shape index (κ1) is 25.7. The van der Waals surface area contributed by atoms with E-state index >= 15 is 0 Å². The highest BCUT2D eigenvalue weighted by Crippen LogP contribution is 2.41. The van der Waals surface area contributed by atoms with Gasteiger partial charge in [-0.1, -0.05) is 24.9 Å². The SMILES string of the molecule is C[C@@H]1CCC[C@H](N2CCC(c3c(F)ccc(Cl)c3F)=CC2=O)c2cc(ccn2)-n2nc(C3CC3)cc2NC1=O. The summed E-state index contributed by atoms with van der Waals surface area (Å²) < 4.78 is 30.9. The molecule has 7 nitrogen and oxygen atoms in total. The second kappa shape index (κ2) is 10.2. The average molecular weight is 552 g/mol. The van der Waals surface area contributed by atoms with Gasteiger partial charge < -0.3 is 10.2 Å². The van der Waals surface area contributed by atoms with Crippen LogP contribution in [0.4, 0.5) is 14.6 Å². The van der Waals surface area contributed by atoms with E-state index in [1.807, 2.05) is 25.1 Å². The van der Waals surface area contributed by atoms with Crippen molar-refractivity contribution in [2.45, 2.75) is 57.4 Å². The highest BCUT2D eigenvalue weighted by Gasteiger charge is 2.32. The van der Waals surface area contributed by atoms with Gasteiger partial charge >= 0.3 is 0 Å². The molecule has 4 heterocycles. The number of hydrogen-bond donors (Lipinski definition) is 1. The van der Waals surface area contributed by atoms with Crippen LogP contribution < -0.4 is 5.32 Å². The number of benzene rings is 1. The van der Waals surface area contributed by atoms with E-state index in [1.165, 1.54) is 6.08 Å². The largest absolute Gasteiger partial charge is 0.330 e. The normalized spacial score (nSPS) is 21.9. The minimum absolute atomic E-state index is 0.0721. The fraction of sp³-hybridized carbons (Fsp3) is 0.379. The number of carbonyl (C=O) groups excluding carboxylic acids is 2. The molecule has 3 aliphatic rings. The molecule has 2 aliphatic heterocycles. The molecule has 1 fully saturated rings. The summed E-state index contributed by atoms with van der Waals surface area (Å²) in [7, 11) is 0. The predicted molar refractivity (Wildman–Crippen MR) is 143 cm³/mol. The lowest BCUT2D eigenvalue weighted by Crippen LogP contribution is -2.38. The van der Waals surface area contributed by atoms with Gasteiger partial charge in [0.2, 0.25) is 11.8 Å². The quantitative estimate of drug-likeness (QED) is 0.394. The standard InChI is InChI=1S/C29H28ClF2N5O2/c1-16-3-2-4-24(36-12-10-18(13-26(36)38)27-21(31)8-7-20(30)28(27)32)23-14-19(9-11-33-23)37-25(34-29(16)39)15-22(35-37)17-5-6-17/h7-9,11,13-17,24H,2-6,10,12H2,1H3,(H,34,39)/t16-,24+/m1/s1. The number of fused-ring (bicyclic) bond motifs is 4. The molecule has 0 radical (unpaired) electrons. The van der Waals surface area contributed by atoms with Gasteiger partial charge in [0.15, 0.2) is 5.82 Å². The first-order valence-electron chi connectivity index (χ1n) is 13.3. The van der Waals surface area contributed by atoms with Crippen molar-refractivity contribution >= 4 is 34.8 Å². The van der Waals surface area contributed by atoms with Crippen LogP contribution in [0, 0.1) is 17.6 Å². The summed E-state index contributed by atoms with van der Waals surface area (Å²) in [6.45, 7) is 2.16. The molecule has 202 valence electrons. The number of aromatic nitrogens is 3. The highest BCUT2D eigenvalue weighted by molar-refractivity contribution is 6.31. The molecular weight excluding hydrogens is 524 g/mol. The van der Waals surface area contributed by atoms with Crippen LogP contribution in [0.15, 0.2) is 42.6 Å². The van der Waals surface area contributed by atoms with Crippen molar-refractivity contribution in [2.75, 3.05) is 11.9 Å². The maximum atomic E-state index is 14.7. The molecule has 39 heavy (non-hydrogen) atoms. The summed E-state index contributed by atoms with van der Waals surface area (Å²) in [6, 6.07) is 7.57. The first-order valence-corrected chi connectivity index (χ1v) is 13.7. The van der Waals surface area contributed by atoms with Crippen molar-refractivity contribution in [3.8, 4) is 5.69 Å². The fourth-order valence-corrected chi connectivity index (χ4v) is 5.62. The maximum absolute atomic E-state index is 14.7. The molecule has 0 spiro atoms. The summed E-state index contributed by atoms with van der Waals surface area (Å²) in [5.41, 5.74) is 2.41. The van der Waals surface area contributed by atoms with Gasteiger partial charge in [0.1, 0.15) is 11.6 Å². The highest BCUT2D eigenvalue weighted by atomic mass is 35.5. The number of rotatable bonds is 3. The van der Waals surface area contributed by atoms with E-state index in [2.05, 4.69) is 10.3 Å². The number of nitrogens with zero attached hydrogens (tertiary/aromatic N) is 4. The summed E-state index contributed by atoms with van der Waals surface area (Å²) in [5, 5.41) is 7.66. The van der Waals surface area contributed by atoms with Crippen LogP contribution in [0.2, 0.25) is 5.02 Å². The van der Waals surface area contributed by atoms with Gasteiger partial charge in [-0.3, -0.25) is 14.6 Å². The maximum Gasteiger partial charge on any atom is 0.247 e. The van der Waals surface area contributed by atoms with Gasteiger partial charge in [0, 0.05) is 36.7 Å². The summed E-state index contributed by atoms with van der Waals surface area (Å²) in [5.74, 6) is -1.24. The molecular formula is C29H28ClF2N5O2. The Morgan fingerprint density at radius 3 is 2.64 bits per heavy atom. The number of anilines is 1. The molecule has 0 saturated heterocycles. The molecule has 2 amide bonds. The summed E-state index contributed by atoms with van der Waals surface area (Å²) in [4.78, 5) is 32.7. The Bertz CT molecular complexity index is 1500. The van der Waals surface area contributed by atoms with E-state index in [9.17, 15) is 18.4 Å². The lowest BCUT2D eigenvalue weighted by atomic mass is 9.94. The Morgan fingerprint density at radius 2 is 1.87 bits per heavy atom. The van der Waals surface area contributed by atoms with Crippen LogP contribution in [0.1, 0.15) is 74.4 Å². The lowest BCUT2D eigenvalue weighted by molar-refractivity contribution is -0.129. The van der Waals surface area contributed by atoms with Gasteiger partial charge in [0.25, 0.3) is 0 Å². The van der Waals surface area contributed by atoms with Gasteiger partial charge in [0.05, 0.1) is 33.7 Å². The Hall–Kier alpha value is -3.59. The van der Waals surface area contributed by atoms with E-state index in [-0.39, 0.29) is 52.9 Å². The van der Waals surface area contributed by atoms with E-state index < -0.39 is 11.6 Å². The number of nitrogens with one attached hydrogen (secondary N) is 1. The van der Waals surface area contributed by atoms with E-state index in [0.717, 1.165) is 36.4 Å². The van der Waals surface area contributed by atoms with Crippen LogP contribution in [0.25, 0.3) is 11.3 Å². The Morgan fingerprint density at radius 1 is 1.05 bits per heavy atom. The molecule has 6 rings (SSSR count). The first-order chi connectivity index (χ1) is 18.8. The van der Waals surface area contributed by atoms with Gasteiger partial charge in [-0.25, -0.2) is 13.5 Å². The topological polar surface area (TPSA) is 80.1 Å². The number of pyridine rings is 1. The fourth-order valence-electron chi connectivity index (χ4n) is 5.46. The van der Waals surface area contributed by atoms with Crippen molar-refractivity contribution in [1.29, 1.82) is 0 Å². The third kappa shape index (κ3) is 4.95. The Balaban J connectivity index is 1.37. The molecule has 1 N–H and O–H groups in total. The number of carbonyl (C=O) groups is 2. The van der Waals surface area contributed by atoms with Gasteiger partial charge in [-0.15, -0.1) is 0 Å². The smallest absolute Gasteiger partial charge is 0.247 e. The molecule has 1 aromatic carbocycles. The zero-order valence-corrected chi connectivity index (χ0v) is 22.2. The predicted octanol–water partition coefficient (Wildman–Crippen LogP) is 6.19. The zero-order chi connectivity index (χ0) is 27.3. The Kier molecular flexibility index (Phi) is 6.71. The second-order valence-electron chi connectivity index (χ2n) is 10.6. The van der Waals surface area contributed by atoms with Crippen molar-refractivity contribution in [2.24, 2.45) is 5.92 Å². The third-order valence-corrected chi connectivity index (χ3v) is 8.12. The average Bonchev–Trinajstić information content (AvgIpc) is 3.69. The number of hydrogen-bond acceptors (Lipinski definition) is 4. The van der Waals surface area contributed by atoms with Crippen LogP contribution in [-0.4, -0.2) is 38.0 Å². The zero-order valence-electron chi connectivity index (χ0n) is 21.5. The van der Waals surface area contributed by atoms with Gasteiger partial charge in [-0.05, 0) is 61.9 Å². The lowest BCUT2D eigenvalue weighted by Gasteiger charge is -2.34. The number of amides is 2. The molecule has 2 bridgehead atoms.